The maximum absolute atomic E-state index is 12.4. The van der Waals surface area contributed by atoms with Gasteiger partial charge in [-0.15, -0.1) is 0 Å². The number of nitrogens with zero attached hydrogens (tertiary/aromatic N) is 3. The normalized spacial score (nSPS) is 12.9. The van der Waals surface area contributed by atoms with E-state index in [0.717, 1.165) is 0 Å². The molecule has 0 aliphatic heterocycles. The minimum absolute atomic E-state index is 0.0680. The van der Waals surface area contributed by atoms with Crippen LogP contribution >= 0.6 is 0 Å². The highest BCUT2D eigenvalue weighted by atomic mass is 16.5. The topological polar surface area (TPSA) is 152 Å². The highest BCUT2D eigenvalue weighted by Crippen LogP contribution is 2.05. The van der Waals surface area contributed by atoms with E-state index in [9.17, 15) is 14.4 Å². The van der Waals surface area contributed by atoms with Gasteiger partial charge in [0.05, 0.1) is 39.1 Å². The Labute approximate surface area is 177 Å². The van der Waals surface area contributed by atoms with E-state index in [2.05, 4.69) is 20.7 Å². The summed E-state index contributed by atoms with van der Waals surface area (Å²) in [6.07, 6.45) is 0. The van der Waals surface area contributed by atoms with E-state index >= 15 is 0 Å². The summed E-state index contributed by atoms with van der Waals surface area (Å²) >= 11 is 0. The van der Waals surface area contributed by atoms with Gasteiger partial charge in [-0.25, -0.2) is 0 Å². The number of amides is 2. The second kappa shape index (κ2) is 16.6. The first kappa shape index (κ1) is 27.8. The molecule has 0 radical (unpaired) electrons. The van der Waals surface area contributed by atoms with Gasteiger partial charge in [-0.1, -0.05) is 32.8 Å². The average Bonchev–Trinajstić information content (AvgIpc) is 2.69. The second-order valence-electron chi connectivity index (χ2n) is 7.31. The fraction of sp³-hybridized carbons (Fsp3) is 0.842. The van der Waals surface area contributed by atoms with E-state index in [4.69, 9.17) is 19.7 Å². The van der Waals surface area contributed by atoms with Crippen LogP contribution in [-0.2, 0) is 28.6 Å². The van der Waals surface area contributed by atoms with Crippen molar-refractivity contribution in [2.75, 3.05) is 46.2 Å². The van der Waals surface area contributed by atoms with Gasteiger partial charge in [0.25, 0.3) is 0 Å². The molecule has 2 amide bonds. The summed E-state index contributed by atoms with van der Waals surface area (Å²) in [6.45, 7) is 10.4. The maximum atomic E-state index is 12.4. The van der Waals surface area contributed by atoms with Gasteiger partial charge in [0.15, 0.2) is 5.78 Å². The number of azide groups is 1. The molecule has 0 aliphatic rings. The van der Waals surface area contributed by atoms with Gasteiger partial charge in [0.2, 0.25) is 11.8 Å². The molecule has 0 unspecified atom stereocenters. The number of carbonyl (C=O) groups excluding carboxylic acids is 3. The monoisotopic (exact) mass is 429 g/mol. The molecule has 11 nitrogen and oxygen atoms in total. The third-order valence-corrected chi connectivity index (χ3v) is 4.00. The SMILES string of the molecule is CC(C)C(=O)[C@H](C)NC(=O)[C@@H](NC(=O)COCCOCCOCCN=[N+]=[N-])C(C)C. The lowest BCUT2D eigenvalue weighted by Gasteiger charge is -2.24. The Hall–Kier alpha value is -2.20. The van der Waals surface area contributed by atoms with Gasteiger partial charge in [0.1, 0.15) is 12.6 Å². The number of hydrogen-bond acceptors (Lipinski definition) is 7. The lowest BCUT2D eigenvalue weighted by Crippen LogP contribution is -2.54. The van der Waals surface area contributed by atoms with E-state index in [1.165, 1.54) is 0 Å². The number of hydrogen-bond donors (Lipinski definition) is 2. The largest absolute Gasteiger partial charge is 0.379 e. The van der Waals surface area contributed by atoms with Crippen molar-refractivity contribution in [3.63, 3.8) is 0 Å². The molecule has 0 saturated carbocycles. The van der Waals surface area contributed by atoms with Crippen molar-refractivity contribution in [2.24, 2.45) is 17.0 Å². The first-order valence-corrected chi connectivity index (χ1v) is 10.1. The molecule has 2 N–H and O–H groups in total. The predicted molar refractivity (Wildman–Crippen MR) is 111 cm³/mol. The molecule has 0 aromatic carbocycles. The Morgan fingerprint density at radius 3 is 2.00 bits per heavy atom. The molecule has 0 aromatic heterocycles. The van der Waals surface area contributed by atoms with Crippen molar-refractivity contribution in [1.29, 1.82) is 0 Å². The summed E-state index contributed by atoms with van der Waals surface area (Å²) in [4.78, 5) is 39.1. The number of nitrogens with one attached hydrogen (secondary N) is 2. The molecule has 0 bridgehead atoms. The third kappa shape index (κ3) is 13.1. The summed E-state index contributed by atoms with van der Waals surface area (Å²) in [6, 6.07) is -1.38. The molecule has 0 heterocycles. The quantitative estimate of drug-likeness (QED) is 0.153. The zero-order valence-electron chi connectivity index (χ0n) is 18.6. The van der Waals surface area contributed by atoms with Crippen LogP contribution in [-0.4, -0.2) is 75.9 Å². The predicted octanol–water partition coefficient (Wildman–Crippen LogP) is 1.22. The highest BCUT2D eigenvalue weighted by Gasteiger charge is 2.27. The van der Waals surface area contributed by atoms with Crippen LogP contribution in [0.15, 0.2) is 5.11 Å². The van der Waals surface area contributed by atoms with Crippen LogP contribution in [0.4, 0.5) is 0 Å². The van der Waals surface area contributed by atoms with Crippen molar-refractivity contribution < 1.29 is 28.6 Å². The Kier molecular flexibility index (Phi) is 15.4. The Balaban J connectivity index is 4.08. The van der Waals surface area contributed by atoms with Gasteiger partial charge in [-0.3, -0.25) is 14.4 Å². The molecule has 11 heteroatoms. The summed E-state index contributed by atoms with van der Waals surface area (Å²) in [5.41, 5.74) is 8.11. The van der Waals surface area contributed by atoms with Crippen molar-refractivity contribution in [2.45, 2.75) is 46.7 Å². The van der Waals surface area contributed by atoms with Crippen molar-refractivity contribution >= 4 is 17.6 Å². The number of ether oxygens (including phenoxy) is 3. The number of rotatable bonds is 17. The molecule has 0 rings (SSSR count). The van der Waals surface area contributed by atoms with Gasteiger partial charge in [0, 0.05) is 17.4 Å². The Morgan fingerprint density at radius 1 is 0.900 bits per heavy atom. The second-order valence-corrected chi connectivity index (χ2v) is 7.31. The van der Waals surface area contributed by atoms with Gasteiger partial charge in [-0.05, 0) is 18.4 Å². The Morgan fingerprint density at radius 2 is 1.47 bits per heavy atom. The van der Waals surface area contributed by atoms with Crippen LogP contribution < -0.4 is 10.6 Å². The van der Waals surface area contributed by atoms with E-state index in [1.54, 1.807) is 20.8 Å². The fourth-order valence-corrected chi connectivity index (χ4v) is 2.38. The molecular formula is C19H35N5O6. The number of Topliss-reactive ketones (excluding diaryl/α,β-unsaturated/α-hetero) is 1. The lowest BCUT2D eigenvalue weighted by molar-refractivity contribution is -0.134. The molecule has 2 atom stereocenters. The average molecular weight is 430 g/mol. The molecule has 30 heavy (non-hydrogen) atoms. The minimum atomic E-state index is -0.762. The molecule has 0 aromatic rings. The van der Waals surface area contributed by atoms with Gasteiger partial charge >= 0.3 is 0 Å². The summed E-state index contributed by atoms with van der Waals surface area (Å²) in [7, 11) is 0. The minimum Gasteiger partial charge on any atom is -0.379 e. The van der Waals surface area contributed by atoms with E-state index in [-0.39, 0.29) is 44.0 Å². The summed E-state index contributed by atoms with van der Waals surface area (Å²) in [5.74, 6) is -1.23. The standard InChI is InChI=1S/C19H35N5O6/c1-13(2)17(19(27)22-15(5)18(26)14(3)4)23-16(25)12-30-11-10-29-9-8-28-7-6-21-24-20/h13-15,17H,6-12H2,1-5H3,(H,22,27)(H,23,25)/t15-,17-/m0/s1. The van der Waals surface area contributed by atoms with Crippen LogP contribution in [0.5, 0.6) is 0 Å². The first-order chi connectivity index (χ1) is 14.2. The zero-order chi connectivity index (χ0) is 22.9. The van der Waals surface area contributed by atoms with Gasteiger partial charge in [-0.2, -0.15) is 0 Å². The van der Waals surface area contributed by atoms with Crippen LogP contribution in [0.25, 0.3) is 10.4 Å². The Bertz CT molecular complexity index is 578. The van der Waals surface area contributed by atoms with Crippen LogP contribution in [0, 0.1) is 11.8 Å². The fourth-order valence-electron chi connectivity index (χ4n) is 2.38. The van der Waals surface area contributed by atoms with Crippen molar-refractivity contribution in [3.8, 4) is 0 Å². The molecule has 0 spiro atoms. The zero-order valence-corrected chi connectivity index (χ0v) is 18.6. The van der Waals surface area contributed by atoms with Crippen LogP contribution in [0.3, 0.4) is 0 Å². The van der Waals surface area contributed by atoms with Gasteiger partial charge < -0.3 is 24.8 Å². The molecular weight excluding hydrogens is 394 g/mol. The molecule has 0 aliphatic carbocycles. The molecule has 172 valence electrons. The number of ketones is 1. The van der Waals surface area contributed by atoms with E-state index in [0.29, 0.717) is 19.8 Å². The number of carbonyl (C=O) groups is 3. The van der Waals surface area contributed by atoms with E-state index < -0.39 is 23.9 Å². The van der Waals surface area contributed by atoms with Crippen molar-refractivity contribution in [1.82, 2.24) is 10.6 Å². The molecule has 0 fully saturated rings. The third-order valence-electron chi connectivity index (χ3n) is 4.00. The summed E-state index contributed by atoms with van der Waals surface area (Å²) in [5, 5.41) is 8.64. The maximum Gasteiger partial charge on any atom is 0.246 e. The van der Waals surface area contributed by atoms with Crippen LogP contribution in [0.2, 0.25) is 0 Å². The van der Waals surface area contributed by atoms with E-state index in [1.807, 2.05) is 13.8 Å². The smallest absolute Gasteiger partial charge is 0.246 e. The first-order valence-electron chi connectivity index (χ1n) is 10.1. The highest BCUT2D eigenvalue weighted by molar-refractivity contribution is 5.93. The van der Waals surface area contributed by atoms with Crippen LogP contribution in [0.1, 0.15) is 34.6 Å². The molecule has 0 saturated heterocycles. The summed E-state index contributed by atoms with van der Waals surface area (Å²) < 4.78 is 15.7. The lowest BCUT2D eigenvalue weighted by atomic mass is 10.0. The van der Waals surface area contributed by atoms with Crippen molar-refractivity contribution in [3.05, 3.63) is 10.4 Å².